The molecule has 2 aromatic carbocycles. The van der Waals surface area contributed by atoms with Crippen molar-refractivity contribution in [2.45, 2.75) is 13.5 Å². The van der Waals surface area contributed by atoms with Crippen molar-refractivity contribution in [3.8, 4) is 5.75 Å². The molecule has 6 nitrogen and oxygen atoms in total. The molecule has 1 aliphatic rings. The van der Waals surface area contributed by atoms with Crippen LogP contribution in [0.4, 0.5) is 5.69 Å². The number of nitrogens with zero attached hydrogens (tertiary/aromatic N) is 2. The van der Waals surface area contributed by atoms with E-state index in [1.807, 2.05) is 25.1 Å². The summed E-state index contributed by atoms with van der Waals surface area (Å²) in [5, 5.41) is 2.66. The molecule has 1 saturated heterocycles. The van der Waals surface area contributed by atoms with Gasteiger partial charge in [-0.25, -0.2) is 0 Å². The number of rotatable bonds is 5. The molecule has 2 aromatic rings. The summed E-state index contributed by atoms with van der Waals surface area (Å²) in [5.41, 5.74) is 1.84. The maximum Gasteiger partial charge on any atom is 0.313 e. The maximum absolute atomic E-state index is 12.4. The first kappa shape index (κ1) is 18.9. The van der Waals surface area contributed by atoms with Gasteiger partial charge in [-0.3, -0.25) is 14.5 Å². The van der Waals surface area contributed by atoms with Crippen molar-refractivity contribution < 1.29 is 14.3 Å². The Labute approximate surface area is 159 Å². The Balaban J connectivity index is 1.47. The summed E-state index contributed by atoms with van der Waals surface area (Å²) < 4.78 is 5.37. The lowest BCUT2D eigenvalue weighted by molar-refractivity contribution is -0.144. The summed E-state index contributed by atoms with van der Waals surface area (Å²) in [4.78, 5) is 28.6. The molecule has 6 heteroatoms. The van der Waals surface area contributed by atoms with Gasteiger partial charge in [-0.15, -0.1) is 0 Å². The largest absolute Gasteiger partial charge is 0.494 e. The van der Waals surface area contributed by atoms with Crippen LogP contribution in [0.5, 0.6) is 5.75 Å². The monoisotopic (exact) mass is 367 g/mol. The standard InChI is InChI=1S/C21H25N3O3/c1-2-27-19-10-8-18(9-11-19)22-20(25)21(26)24-14-12-23(13-15-24)16-17-6-4-3-5-7-17/h3-11H,2,12-16H2,1H3,(H,22,25). The molecule has 1 aliphatic heterocycles. The molecule has 0 aromatic heterocycles. The zero-order valence-electron chi connectivity index (χ0n) is 15.6. The molecule has 142 valence electrons. The third-order valence-electron chi connectivity index (χ3n) is 4.53. The minimum atomic E-state index is -0.601. The summed E-state index contributed by atoms with van der Waals surface area (Å²) >= 11 is 0. The zero-order chi connectivity index (χ0) is 19.1. The van der Waals surface area contributed by atoms with E-state index < -0.39 is 11.8 Å². The molecule has 1 N–H and O–H groups in total. The number of ether oxygens (including phenoxy) is 1. The van der Waals surface area contributed by atoms with Crippen molar-refractivity contribution in [3.63, 3.8) is 0 Å². The van der Waals surface area contributed by atoms with Gasteiger partial charge in [0.05, 0.1) is 6.61 Å². The SMILES string of the molecule is CCOc1ccc(NC(=O)C(=O)N2CCN(Cc3ccccc3)CC2)cc1. The van der Waals surface area contributed by atoms with Gasteiger partial charge in [-0.05, 0) is 36.8 Å². The highest BCUT2D eigenvalue weighted by Gasteiger charge is 2.26. The van der Waals surface area contributed by atoms with E-state index >= 15 is 0 Å². The van der Waals surface area contributed by atoms with Crippen molar-refractivity contribution in [2.75, 3.05) is 38.1 Å². The van der Waals surface area contributed by atoms with Gasteiger partial charge in [0.15, 0.2) is 0 Å². The molecular weight excluding hydrogens is 342 g/mol. The van der Waals surface area contributed by atoms with E-state index in [-0.39, 0.29) is 0 Å². The smallest absolute Gasteiger partial charge is 0.313 e. The van der Waals surface area contributed by atoms with Crippen LogP contribution in [0.3, 0.4) is 0 Å². The number of nitrogens with one attached hydrogen (secondary N) is 1. The Morgan fingerprint density at radius 3 is 2.26 bits per heavy atom. The lowest BCUT2D eigenvalue weighted by Gasteiger charge is -2.34. The van der Waals surface area contributed by atoms with Crippen LogP contribution in [0, 0.1) is 0 Å². The van der Waals surface area contributed by atoms with E-state index in [0.29, 0.717) is 25.4 Å². The van der Waals surface area contributed by atoms with Crippen LogP contribution in [-0.4, -0.2) is 54.4 Å². The van der Waals surface area contributed by atoms with Gasteiger partial charge in [0.25, 0.3) is 0 Å². The minimum absolute atomic E-state index is 0.483. The summed E-state index contributed by atoms with van der Waals surface area (Å²) in [5.74, 6) is -0.352. The number of piperazine rings is 1. The second kappa shape index (κ2) is 9.19. The van der Waals surface area contributed by atoms with Gasteiger partial charge in [0, 0.05) is 38.4 Å². The Kier molecular flexibility index (Phi) is 6.44. The predicted molar refractivity (Wildman–Crippen MR) is 105 cm³/mol. The Morgan fingerprint density at radius 1 is 0.963 bits per heavy atom. The van der Waals surface area contributed by atoms with Gasteiger partial charge in [0.1, 0.15) is 5.75 Å². The number of hydrogen-bond acceptors (Lipinski definition) is 4. The fourth-order valence-corrected chi connectivity index (χ4v) is 3.08. The number of anilines is 1. The van der Waals surface area contributed by atoms with Crippen LogP contribution in [0.2, 0.25) is 0 Å². The Hall–Kier alpha value is -2.86. The van der Waals surface area contributed by atoms with Crippen LogP contribution in [0.25, 0.3) is 0 Å². The van der Waals surface area contributed by atoms with Crippen LogP contribution >= 0.6 is 0 Å². The molecule has 2 amide bonds. The van der Waals surface area contributed by atoms with Crippen molar-refractivity contribution in [3.05, 3.63) is 60.2 Å². The summed E-state index contributed by atoms with van der Waals surface area (Å²) in [7, 11) is 0. The van der Waals surface area contributed by atoms with E-state index in [0.717, 1.165) is 25.4 Å². The predicted octanol–water partition coefficient (Wildman–Crippen LogP) is 2.37. The first-order valence-corrected chi connectivity index (χ1v) is 9.25. The quantitative estimate of drug-likeness (QED) is 0.824. The van der Waals surface area contributed by atoms with Crippen molar-refractivity contribution in [2.24, 2.45) is 0 Å². The minimum Gasteiger partial charge on any atom is -0.494 e. The van der Waals surface area contributed by atoms with Gasteiger partial charge in [-0.2, -0.15) is 0 Å². The van der Waals surface area contributed by atoms with Gasteiger partial charge in [-0.1, -0.05) is 30.3 Å². The normalized spacial score (nSPS) is 14.6. The Bertz CT molecular complexity index is 754. The molecule has 0 aliphatic carbocycles. The number of amides is 2. The molecule has 3 rings (SSSR count). The fraction of sp³-hybridized carbons (Fsp3) is 0.333. The molecule has 0 bridgehead atoms. The van der Waals surface area contributed by atoms with Crippen LogP contribution in [-0.2, 0) is 16.1 Å². The van der Waals surface area contributed by atoms with E-state index in [9.17, 15) is 9.59 Å². The molecule has 0 spiro atoms. The molecule has 1 fully saturated rings. The molecule has 1 heterocycles. The van der Waals surface area contributed by atoms with Crippen LogP contribution < -0.4 is 10.1 Å². The van der Waals surface area contributed by atoms with Crippen LogP contribution in [0.1, 0.15) is 12.5 Å². The number of carbonyl (C=O) groups excluding carboxylic acids is 2. The number of carbonyl (C=O) groups is 2. The maximum atomic E-state index is 12.4. The lowest BCUT2D eigenvalue weighted by atomic mass is 10.2. The van der Waals surface area contributed by atoms with Crippen LogP contribution in [0.15, 0.2) is 54.6 Å². The van der Waals surface area contributed by atoms with E-state index in [1.54, 1.807) is 29.2 Å². The van der Waals surface area contributed by atoms with Crippen molar-refractivity contribution in [1.29, 1.82) is 0 Å². The topological polar surface area (TPSA) is 61.9 Å². The second-order valence-electron chi connectivity index (χ2n) is 6.47. The average Bonchev–Trinajstić information content (AvgIpc) is 2.70. The highest BCUT2D eigenvalue weighted by molar-refractivity contribution is 6.39. The summed E-state index contributed by atoms with van der Waals surface area (Å²) in [6.45, 7) is 5.99. The van der Waals surface area contributed by atoms with E-state index in [4.69, 9.17) is 4.74 Å². The summed E-state index contributed by atoms with van der Waals surface area (Å²) in [6.07, 6.45) is 0. The Morgan fingerprint density at radius 2 is 1.63 bits per heavy atom. The van der Waals surface area contributed by atoms with E-state index in [1.165, 1.54) is 5.56 Å². The van der Waals surface area contributed by atoms with Crippen molar-refractivity contribution >= 4 is 17.5 Å². The number of benzene rings is 2. The molecular formula is C21H25N3O3. The zero-order valence-corrected chi connectivity index (χ0v) is 15.6. The highest BCUT2D eigenvalue weighted by Crippen LogP contribution is 2.16. The third-order valence-corrected chi connectivity index (χ3v) is 4.53. The molecule has 0 atom stereocenters. The molecule has 0 unspecified atom stereocenters. The highest BCUT2D eigenvalue weighted by atomic mass is 16.5. The van der Waals surface area contributed by atoms with E-state index in [2.05, 4.69) is 22.3 Å². The first-order valence-electron chi connectivity index (χ1n) is 9.25. The first-order chi connectivity index (χ1) is 13.2. The molecule has 0 radical (unpaired) electrons. The van der Waals surface area contributed by atoms with Gasteiger partial charge >= 0.3 is 11.8 Å². The lowest BCUT2D eigenvalue weighted by Crippen LogP contribution is -2.51. The van der Waals surface area contributed by atoms with Gasteiger partial charge in [0.2, 0.25) is 0 Å². The summed E-state index contributed by atoms with van der Waals surface area (Å²) in [6, 6.07) is 17.3. The van der Waals surface area contributed by atoms with Crippen molar-refractivity contribution in [1.82, 2.24) is 9.80 Å². The molecule has 27 heavy (non-hydrogen) atoms. The second-order valence-corrected chi connectivity index (χ2v) is 6.47. The van der Waals surface area contributed by atoms with Gasteiger partial charge < -0.3 is 15.0 Å². The average molecular weight is 367 g/mol. The third kappa shape index (κ3) is 5.31. The fourth-order valence-electron chi connectivity index (χ4n) is 3.08. The molecule has 0 saturated carbocycles. The number of hydrogen-bond donors (Lipinski definition) is 1.